The molecule has 0 saturated carbocycles. The molecule has 1 N–H and O–H groups in total. The van der Waals surface area contributed by atoms with Gasteiger partial charge >= 0.3 is 0 Å². The standard InChI is InChI=1S/C8H10BrClN2O3S/c1-15-3-2-12-16(13,14)7-4-6(9)5-11-8(7)10/h4-5,12H,2-3H2,1H3. The van der Waals surface area contributed by atoms with Crippen LogP contribution in [-0.2, 0) is 14.8 Å². The number of hydrogen-bond donors (Lipinski definition) is 1. The largest absolute Gasteiger partial charge is 0.383 e. The number of sulfonamides is 1. The quantitative estimate of drug-likeness (QED) is 0.655. The molecule has 0 fully saturated rings. The third-order valence-corrected chi connectivity index (χ3v) is 3.98. The summed E-state index contributed by atoms with van der Waals surface area (Å²) >= 11 is 8.84. The van der Waals surface area contributed by atoms with Gasteiger partial charge in [0, 0.05) is 24.3 Å². The molecule has 0 atom stereocenters. The summed E-state index contributed by atoms with van der Waals surface area (Å²) < 4.78 is 31.2. The minimum absolute atomic E-state index is 0.0559. The van der Waals surface area contributed by atoms with Crippen LogP contribution in [0.15, 0.2) is 21.6 Å². The molecular weight excluding hydrogens is 320 g/mol. The van der Waals surface area contributed by atoms with E-state index in [4.69, 9.17) is 16.3 Å². The predicted molar refractivity (Wildman–Crippen MR) is 64.0 cm³/mol. The Morgan fingerprint density at radius 1 is 1.62 bits per heavy atom. The maximum atomic E-state index is 11.8. The Morgan fingerprint density at radius 2 is 2.31 bits per heavy atom. The summed E-state index contributed by atoms with van der Waals surface area (Å²) in [5.74, 6) is 0. The van der Waals surface area contributed by atoms with E-state index in [1.807, 2.05) is 0 Å². The number of pyridine rings is 1. The van der Waals surface area contributed by atoms with Gasteiger partial charge in [-0.15, -0.1) is 0 Å². The number of hydrogen-bond acceptors (Lipinski definition) is 4. The first kappa shape index (κ1) is 13.9. The zero-order valence-corrected chi connectivity index (χ0v) is 11.6. The van der Waals surface area contributed by atoms with Crippen molar-refractivity contribution < 1.29 is 13.2 Å². The van der Waals surface area contributed by atoms with Gasteiger partial charge in [0.1, 0.15) is 10.0 Å². The molecular formula is C8H10BrClN2O3S. The Kier molecular flexibility index (Phi) is 5.13. The minimum atomic E-state index is -3.64. The molecule has 0 amide bonds. The summed E-state index contributed by atoms with van der Waals surface area (Å²) in [6.07, 6.45) is 1.43. The van der Waals surface area contributed by atoms with Gasteiger partial charge in [0.2, 0.25) is 10.0 Å². The van der Waals surface area contributed by atoms with Crippen LogP contribution in [0, 0.1) is 0 Å². The van der Waals surface area contributed by atoms with Crippen LogP contribution in [0.1, 0.15) is 0 Å². The summed E-state index contributed by atoms with van der Waals surface area (Å²) in [5.41, 5.74) is 0. The highest BCUT2D eigenvalue weighted by atomic mass is 79.9. The molecule has 1 aromatic heterocycles. The van der Waals surface area contributed by atoms with E-state index in [-0.39, 0.29) is 23.2 Å². The SMILES string of the molecule is COCCNS(=O)(=O)c1cc(Br)cnc1Cl. The zero-order chi connectivity index (χ0) is 12.2. The molecule has 90 valence electrons. The van der Waals surface area contributed by atoms with E-state index < -0.39 is 10.0 Å². The van der Waals surface area contributed by atoms with Crippen LogP contribution >= 0.6 is 27.5 Å². The van der Waals surface area contributed by atoms with E-state index in [0.717, 1.165) is 0 Å². The van der Waals surface area contributed by atoms with Crippen LogP contribution < -0.4 is 4.72 Å². The lowest BCUT2D eigenvalue weighted by atomic mass is 10.5. The van der Waals surface area contributed by atoms with Crippen LogP contribution in [0.2, 0.25) is 5.15 Å². The average molecular weight is 330 g/mol. The number of aromatic nitrogens is 1. The number of nitrogens with one attached hydrogen (secondary N) is 1. The van der Waals surface area contributed by atoms with Crippen molar-refractivity contribution in [2.24, 2.45) is 0 Å². The van der Waals surface area contributed by atoms with Crippen molar-refractivity contribution in [1.29, 1.82) is 0 Å². The summed E-state index contributed by atoms with van der Waals surface area (Å²) in [4.78, 5) is 3.69. The molecule has 0 aliphatic rings. The van der Waals surface area contributed by atoms with Crippen molar-refractivity contribution in [3.63, 3.8) is 0 Å². The van der Waals surface area contributed by atoms with Crippen LogP contribution in [0.4, 0.5) is 0 Å². The molecule has 0 bridgehead atoms. The maximum Gasteiger partial charge on any atom is 0.243 e. The topological polar surface area (TPSA) is 68.3 Å². The first-order valence-electron chi connectivity index (χ1n) is 4.27. The Balaban J connectivity index is 2.93. The molecule has 0 radical (unpaired) electrons. The Labute approximate surface area is 107 Å². The van der Waals surface area contributed by atoms with Crippen molar-refractivity contribution in [2.75, 3.05) is 20.3 Å². The Hall–Kier alpha value is -0.210. The maximum absolute atomic E-state index is 11.8. The fourth-order valence-electron chi connectivity index (χ4n) is 0.948. The van der Waals surface area contributed by atoms with Crippen molar-refractivity contribution in [3.8, 4) is 0 Å². The molecule has 16 heavy (non-hydrogen) atoms. The minimum Gasteiger partial charge on any atom is -0.383 e. The first-order valence-corrected chi connectivity index (χ1v) is 6.92. The molecule has 0 unspecified atom stereocenters. The molecule has 5 nitrogen and oxygen atoms in total. The second-order valence-electron chi connectivity index (χ2n) is 2.83. The van der Waals surface area contributed by atoms with Gasteiger partial charge in [-0.1, -0.05) is 11.6 Å². The zero-order valence-electron chi connectivity index (χ0n) is 8.41. The molecule has 0 saturated heterocycles. The Bertz CT molecular complexity index is 466. The summed E-state index contributed by atoms with van der Waals surface area (Å²) in [7, 11) is -2.15. The number of halogens is 2. The van der Waals surface area contributed by atoms with E-state index in [0.29, 0.717) is 4.47 Å². The second kappa shape index (κ2) is 5.92. The number of methoxy groups -OCH3 is 1. The van der Waals surface area contributed by atoms with Gasteiger partial charge in [0.05, 0.1) is 6.61 Å². The molecule has 1 rings (SSSR count). The van der Waals surface area contributed by atoms with Crippen LogP contribution in [0.5, 0.6) is 0 Å². The van der Waals surface area contributed by atoms with E-state index in [1.165, 1.54) is 19.4 Å². The lowest BCUT2D eigenvalue weighted by Gasteiger charge is -2.07. The number of rotatable bonds is 5. The summed E-state index contributed by atoms with van der Waals surface area (Å²) in [6, 6.07) is 1.39. The van der Waals surface area contributed by atoms with E-state index >= 15 is 0 Å². The van der Waals surface area contributed by atoms with Gasteiger partial charge in [-0.05, 0) is 22.0 Å². The third-order valence-electron chi connectivity index (χ3n) is 1.66. The predicted octanol–water partition coefficient (Wildman–Crippen LogP) is 1.42. The monoisotopic (exact) mass is 328 g/mol. The van der Waals surface area contributed by atoms with Crippen molar-refractivity contribution in [3.05, 3.63) is 21.9 Å². The van der Waals surface area contributed by atoms with Crippen molar-refractivity contribution in [1.82, 2.24) is 9.71 Å². The average Bonchev–Trinajstić information content (AvgIpc) is 2.22. The van der Waals surface area contributed by atoms with E-state index in [2.05, 4.69) is 25.6 Å². The van der Waals surface area contributed by atoms with Gasteiger partial charge in [-0.2, -0.15) is 0 Å². The van der Waals surface area contributed by atoms with Gasteiger partial charge in [0.25, 0.3) is 0 Å². The second-order valence-corrected chi connectivity index (χ2v) is 5.84. The van der Waals surface area contributed by atoms with Crippen molar-refractivity contribution >= 4 is 37.6 Å². The normalized spacial score (nSPS) is 11.7. The highest BCUT2D eigenvalue weighted by Gasteiger charge is 2.18. The molecule has 1 aromatic rings. The van der Waals surface area contributed by atoms with Crippen molar-refractivity contribution in [2.45, 2.75) is 4.90 Å². The summed E-state index contributed by atoms with van der Waals surface area (Å²) in [6.45, 7) is 0.472. The Morgan fingerprint density at radius 3 is 2.94 bits per heavy atom. The van der Waals surface area contributed by atoms with Gasteiger partial charge < -0.3 is 4.74 Å². The van der Waals surface area contributed by atoms with E-state index in [1.54, 1.807) is 0 Å². The smallest absolute Gasteiger partial charge is 0.243 e. The lowest BCUT2D eigenvalue weighted by Crippen LogP contribution is -2.27. The van der Waals surface area contributed by atoms with Crippen LogP contribution in [0.3, 0.4) is 0 Å². The van der Waals surface area contributed by atoms with Crippen LogP contribution in [0.25, 0.3) is 0 Å². The van der Waals surface area contributed by atoms with Crippen LogP contribution in [-0.4, -0.2) is 33.7 Å². The van der Waals surface area contributed by atoms with Gasteiger partial charge in [-0.3, -0.25) is 0 Å². The molecule has 0 aliphatic carbocycles. The number of nitrogens with zero attached hydrogens (tertiary/aromatic N) is 1. The highest BCUT2D eigenvalue weighted by molar-refractivity contribution is 9.10. The fourth-order valence-corrected chi connectivity index (χ4v) is 2.90. The highest BCUT2D eigenvalue weighted by Crippen LogP contribution is 2.22. The third kappa shape index (κ3) is 3.67. The summed E-state index contributed by atoms with van der Waals surface area (Å²) in [5, 5.41) is -0.0619. The first-order chi connectivity index (χ1) is 7.47. The molecule has 0 spiro atoms. The number of ether oxygens (including phenoxy) is 1. The fraction of sp³-hybridized carbons (Fsp3) is 0.375. The molecule has 0 aliphatic heterocycles. The molecule has 0 aromatic carbocycles. The lowest BCUT2D eigenvalue weighted by molar-refractivity contribution is 0.204. The van der Waals surface area contributed by atoms with Gasteiger partial charge in [0.15, 0.2) is 0 Å². The van der Waals surface area contributed by atoms with Gasteiger partial charge in [-0.25, -0.2) is 18.1 Å². The molecule has 1 heterocycles. The van der Waals surface area contributed by atoms with E-state index in [9.17, 15) is 8.42 Å². The molecule has 8 heteroatoms.